The number of hydrogen-bond donors (Lipinski definition) is 1. The topological polar surface area (TPSA) is 30.5 Å². The largest absolute Gasteiger partial charge is 0.382 e. The quantitative estimate of drug-likeness (QED) is 0.655. The second-order valence-corrected chi connectivity index (χ2v) is 5.57. The molecule has 1 aromatic carbocycles. The molecule has 0 aliphatic heterocycles. The lowest BCUT2D eigenvalue weighted by molar-refractivity contribution is 0.0687. The van der Waals surface area contributed by atoms with Crippen LogP contribution in [0, 0.1) is 5.82 Å². The maximum atomic E-state index is 13.7. The van der Waals surface area contributed by atoms with Crippen LogP contribution in [0.1, 0.15) is 31.4 Å². The van der Waals surface area contributed by atoms with Gasteiger partial charge in [-0.25, -0.2) is 4.39 Å². The van der Waals surface area contributed by atoms with Crippen LogP contribution >= 0.6 is 15.9 Å². The van der Waals surface area contributed by atoms with Crippen molar-refractivity contribution in [1.82, 2.24) is 5.32 Å². The van der Waals surface area contributed by atoms with Crippen molar-refractivity contribution < 1.29 is 13.9 Å². The van der Waals surface area contributed by atoms with Crippen molar-refractivity contribution in [2.24, 2.45) is 0 Å². The lowest BCUT2D eigenvalue weighted by Gasteiger charge is -2.15. The second kappa shape index (κ2) is 10.3. The molecule has 0 amide bonds. The highest BCUT2D eigenvalue weighted by Crippen LogP contribution is 2.21. The molecular formula is C15H23BrFNO2. The molecule has 0 saturated heterocycles. The average Bonchev–Trinajstić information content (AvgIpc) is 2.44. The summed E-state index contributed by atoms with van der Waals surface area (Å²) in [4.78, 5) is 0. The normalized spacial score (nSPS) is 12.6. The van der Waals surface area contributed by atoms with E-state index >= 15 is 0 Å². The molecule has 1 rings (SSSR count). The Morgan fingerprint density at radius 1 is 1.25 bits per heavy atom. The number of ether oxygens (including phenoxy) is 2. The molecule has 1 N–H and O–H groups in total. The van der Waals surface area contributed by atoms with Crippen molar-refractivity contribution in [1.29, 1.82) is 0 Å². The highest BCUT2D eigenvalue weighted by atomic mass is 79.9. The van der Waals surface area contributed by atoms with E-state index in [1.807, 2.05) is 13.0 Å². The molecule has 0 radical (unpaired) electrons. The summed E-state index contributed by atoms with van der Waals surface area (Å²) in [5, 5.41) is 3.33. The van der Waals surface area contributed by atoms with Gasteiger partial charge < -0.3 is 14.8 Å². The van der Waals surface area contributed by atoms with Crippen molar-refractivity contribution in [3.05, 3.63) is 34.1 Å². The molecule has 0 aliphatic carbocycles. The molecule has 0 bridgehead atoms. The summed E-state index contributed by atoms with van der Waals surface area (Å²) < 4.78 is 24.8. The molecule has 0 saturated carbocycles. The highest BCUT2D eigenvalue weighted by Gasteiger charge is 2.10. The molecule has 0 fully saturated rings. The monoisotopic (exact) mass is 347 g/mol. The number of halogens is 2. The summed E-state index contributed by atoms with van der Waals surface area (Å²) in [6.45, 7) is 4.84. The smallest absolute Gasteiger partial charge is 0.128 e. The van der Waals surface area contributed by atoms with Crippen LogP contribution in [0.4, 0.5) is 4.39 Å². The van der Waals surface area contributed by atoms with Crippen LogP contribution in [0.3, 0.4) is 0 Å². The van der Waals surface area contributed by atoms with Gasteiger partial charge in [0.1, 0.15) is 5.82 Å². The number of hydrogen-bond acceptors (Lipinski definition) is 3. The minimum atomic E-state index is -0.170. The van der Waals surface area contributed by atoms with Crippen molar-refractivity contribution in [2.45, 2.75) is 25.8 Å². The maximum absolute atomic E-state index is 13.7. The van der Waals surface area contributed by atoms with Crippen LogP contribution in [0.15, 0.2) is 22.7 Å². The molecule has 0 aromatic heterocycles. The predicted octanol–water partition coefficient (Wildman–Crippen LogP) is 3.68. The molecule has 0 spiro atoms. The Balaban J connectivity index is 2.17. The Labute approximate surface area is 129 Å². The molecule has 5 heteroatoms. The SMILES string of the molecule is COCCOCCCCNC(C)c1cc(Br)ccc1F. The van der Waals surface area contributed by atoms with Crippen molar-refractivity contribution in [3.8, 4) is 0 Å². The Morgan fingerprint density at radius 2 is 2.05 bits per heavy atom. The third-order valence-electron chi connectivity index (χ3n) is 3.02. The van der Waals surface area contributed by atoms with E-state index in [0.717, 1.165) is 30.5 Å². The number of nitrogens with one attached hydrogen (secondary N) is 1. The van der Waals surface area contributed by atoms with E-state index in [1.165, 1.54) is 6.07 Å². The first-order valence-electron chi connectivity index (χ1n) is 6.90. The van der Waals surface area contributed by atoms with Crippen LogP contribution < -0.4 is 5.32 Å². The first-order valence-corrected chi connectivity index (χ1v) is 7.69. The molecule has 1 atom stereocenters. The molecule has 0 heterocycles. The van der Waals surface area contributed by atoms with Gasteiger partial charge in [0.2, 0.25) is 0 Å². The minimum absolute atomic E-state index is 0.00177. The Morgan fingerprint density at radius 3 is 2.80 bits per heavy atom. The fraction of sp³-hybridized carbons (Fsp3) is 0.600. The molecule has 114 valence electrons. The van der Waals surface area contributed by atoms with E-state index < -0.39 is 0 Å². The van der Waals surface area contributed by atoms with Crippen LogP contribution in [0.2, 0.25) is 0 Å². The van der Waals surface area contributed by atoms with Gasteiger partial charge in [0.05, 0.1) is 13.2 Å². The number of unbranched alkanes of at least 4 members (excludes halogenated alkanes) is 1. The van der Waals surface area contributed by atoms with Crippen molar-refractivity contribution >= 4 is 15.9 Å². The van der Waals surface area contributed by atoms with Gasteiger partial charge >= 0.3 is 0 Å². The Kier molecular flexibility index (Phi) is 9.02. The number of methoxy groups -OCH3 is 1. The predicted molar refractivity (Wildman–Crippen MR) is 82.4 cm³/mol. The van der Waals surface area contributed by atoms with Gasteiger partial charge in [0.15, 0.2) is 0 Å². The van der Waals surface area contributed by atoms with E-state index in [4.69, 9.17) is 9.47 Å². The summed E-state index contributed by atoms with van der Waals surface area (Å²) in [5.41, 5.74) is 0.690. The number of benzene rings is 1. The molecule has 3 nitrogen and oxygen atoms in total. The minimum Gasteiger partial charge on any atom is -0.382 e. The van der Waals surface area contributed by atoms with Gasteiger partial charge in [-0.2, -0.15) is 0 Å². The Bertz CT molecular complexity index is 390. The molecule has 1 unspecified atom stereocenters. The fourth-order valence-corrected chi connectivity index (χ4v) is 2.23. The lowest BCUT2D eigenvalue weighted by Crippen LogP contribution is -2.21. The summed E-state index contributed by atoms with van der Waals surface area (Å²) >= 11 is 3.37. The molecule has 1 aromatic rings. The van der Waals surface area contributed by atoms with E-state index in [2.05, 4.69) is 21.2 Å². The molecule has 0 aliphatic rings. The van der Waals surface area contributed by atoms with E-state index in [0.29, 0.717) is 18.8 Å². The molecule has 20 heavy (non-hydrogen) atoms. The zero-order valence-corrected chi connectivity index (χ0v) is 13.7. The van der Waals surface area contributed by atoms with Crippen LogP contribution in [0.25, 0.3) is 0 Å². The zero-order valence-electron chi connectivity index (χ0n) is 12.1. The van der Waals surface area contributed by atoms with Crippen LogP contribution in [0.5, 0.6) is 0 Å². The number of rotatable bonds is 10. The Hall–Kier alpha value is -0.490. The zero-order chi connectivity index (χ0) is 14.8. The van der Waals surface area contributed by atoms with Crippen LogP contribution in [-0.2, 0) is 9.47 Å². The van der Waals surface area contributed by atoms with Gasteiger partial charge in [0.25, 0.3) is 0 Å². The average molecular weight is 348 g/mol. The summed E-state index contributed by atoms with van der Waals surface area (Å²) in [7, 11) is 1.66. The van der Waals surface area contributed by atoms with Gasteiger partial charge in [-0.05, 0) is 44.5 Å². The molecular weight excluding hydrogens is 325 g/mol. The third kappa shape index (κ3) is 6.79. The van der Waals surface area contributed by atoms with Gasteiger partial charge in [-0.3, -0.25) is 0 Å². The van der Waals surface area contributed by atoms with Crippen molar-refractivity contribution in [2.75, 3.05) is 33.5 Å². The highest BCUT2D eigenvalue weighted by molar-refractivity contribution is 9.10. The second-order valence-electron chi connectivity index (χ2n) is 4.65. The maximum Gasteiger partial charge on any atom is 0.128 e. The first kappa shape index (κ1) is 17.6. The summed E-state index contributed by atoms with van der Waals surface area (Å²) in [6, 6.07) is 5.02. The lowest BCUT2D eigenvalue weighted by atomic mass is 10.1. The van der Waals surface area contributed by atoms with Gasteiger partial charge in [-0.15, -0.1) is 0 Å². The van der Waals surface area contributed by atoms with E-state index in [-0.39, 0.29) is 11.9 Å². The van der Waals surface area contributed by atoms with E-state index in [9.17, 15) is 4.39 Å². The summed E-state index contributed by atoms with van der Waals surface area (Å²) in [5.74, 6) is -0.170. The van der Waals surface area contributed by atoms with E-state index in [1.54, 1.807) is 13.2 Å². The standard InChI is InChI=1S/C15H23BrFNO2/c1-12(14-11-13(16)5-6-15(14)17)18-7-3-4-8-20-10-9-19-2/h5-6,11-12,18H,3-4,7-10H2,1-2H3. The first-order chi connectivity index (χ1) is 9.65. The summed E-state index contributed by atoms with van der Waals surface area (Å²) in [6.07, 6.45) is 2.00. The van der Waals surface area contributed by atoms with Gasteiger partial charge in [-0.1, -0.05) is 15.9 Å². The third-order valence-corrected chi connectivity index (χ3v) is 3.52. The van der Waals surface area contributed by atoms with Crippen molar-refractivity contribution in [3.63, 3.8) is 0 Å². The van der Waals surface area contributed by atoms with Crippen LogP contribution in [-0.4, -0.2) is 33.5 Å². The fourth-order valence-electron chi connectivity index (χ4n) is 1.85. The van der Waals surface area contributed by atoms with Gasteiger partial charge in [0, 0.05) is 29.8 Å².